The summed E-state index contributed by atoms with van der Waals surface area (Å²) in [4.78, 5) is 11.7. The van der Waals surface area contributed by atoms with Gasteiger partial charge in [0.05, 0.1) is 6.61 Å². The van der Waals surface area contributed by atoms with E-state index in [4.69, 9.17) is 4.74 Å². The van der Waals surface area contributed by atoms with Crippen LogP contribution in [0.3, 0.4) is 0 Å². The molecule has 0 aliphatic heterocycles. The van der Waals surface area contributed by atoms with Crippen LogP contribution in [0.15, 0.2) is 11.1 Å². The first kappa shape index (κ1) is 19.5. The van der Waals surface area contributed by atoms with E-state index in [1.807, 2.05) is 6.92 Å². The van der Waals surface area contributed by atoms with Gasteiger partial charge in [0, 0.05) is 6.42 Å². The molecule has 3 atom stereocenters. The largest absolute Gasteiger partial charge is 0.466 e. The summed E-state index contributed by atoms with van der Waals surface area (Å²) in [6.45, 7) is 14.4. The van der Waals surface area contributed by atoms with E-state index in [1.54, 1.807) is 11.1 Å². The molecule has 2 aliphatic carbocycles. The van der Waals surface area contributed by atoms with Crippen LogP contribution in [-0.4, -0.2) is 12.6 Å². The van der Waals surface area contributed by atoms with Crippen molar-refractivity contribution in [2.24, 2.45) is 22.7 Å². The fourth-order valence-electron chi connectivity index (χ4n) is 5.69. The van der Waals surface area contributed by atoms with Crippen molar-refractivity contribution in [1.29, 1.82) is 0 Å². The highest BCUT2D eigenvalue weighted by Crippen LogP contribution is 2.60. The molecule has 0 unspecified atom stereocenters. The normalized spacial score (nSPS) is 30.7. The molecule has 0 heterocycles. The van der Waals surface area contributed by atoms with E-state index < -0.39 is 0 Å². The fraction of sp³-hybridized carbons (Fsp3) is 0.864. The van der Waals surface area contributed by atoms with Gasteiger partial charge >= 0.3 is 5.97 Å². The Kier molecular flexibility index (Phi) is 6.20. The third kappa shape index (κ3) is 4.06. The molecule has 0 aromatic heterocycles. The first-order chi connectivity index (χ1) is 11.2. The van der Waals surface area contributed by atoms with Crippen molar-refractivity contribution in [3.05, 3.63) is 11.1 Å². The summed E-state index contributed by atoms with van der Waals surface area (Å²) in [7, 11) is 0. The lowest BCUT2D eigenvalue weighted by Gasteiger charge is -2.55. The molecule has 1 fully saturated rings. The molecule has 0 radical (unpaired) electrons. The first-order valence-electron chi connectivity index (χ1n) is 10.1. The van der Waals surface area contributed by atoms with Crippen LogP contribution in [0.2, 0.25) is 0 Å². The van der Waals surface area contributed by atoms with Gasteiger partial charge in [-0.05, 0) is 75.0 Å². The average Bonchev–Trinajstić information content (AvgIpc) is 2.45. The highest BCUT2D eigenvalue weighted by Gasteiger charge is 2.49. The molecule has 0 spiro atoms. The number of fused-ring (bicyclic) bond motifs is 1. The van der Waals surface area contributed by atoms with E-state index in [1.165, 1.54) is 32.1 Å². The maximum atomic E-state index is 11.7. The maximum Gasteiger partial charge on any atom is 0.306 e. The van der Waals surface area contributed by atoms with E-state index in [9.17, 15) is 4.79 Å². The van der Waals surface area contributed by atoms with Gasteiger partial charge in [-0.2, -0.15) is 0 Å². The fourth-order valence-corrected chi connectivity index (χ4v) is 5.69. The average molecular weight is 335 g/mol. The smallest absolute Gasteiger partial charge is 0.306 e. The number of hydrogen-bond acceptors (Lipinski definition) is 2. The Morgan fingerprint density at radius 2 is 2.00 bits per heavy atom. The summed E-state index contributed by atoms with van der Waals surface area (Å²) in [5, 5.41) is 0. The van der Waals surface area contributed by atoms with Crippen LogP contribution in [0.1, 0.15) is 92.9 Å². The zero-order valence-electron chi connectivity index (χ0n) is 16.8. The van der Waals surface area contributed by atoms with Crippen molar-refractivity contribution < 1.29 is 9.53 Å². The van der Waals surface area contributed by atoms with Crippen LogP contribution in [-0.2, 0) is 9.53 Å². The molecule has 0 aromatic rings. The molecule has 0 amide bonds. The van der Waals surface area contributed by atoms with Crippen molar-refractivity contribution in [2.75, 3.05) is 6.61 Å². The van der Waals surface area contributed by atoms with E-state index in [2.05, 4.69) is 34.6 Å². The van der Waals surface area contributed by atoms with Gasteiger partial charge in [-0.3, -0.25) is 4.79 Å². The molecule has 2 nitrogen and oxygen atoms in total. The van der Waals surface area contributed by atoms with Gasteiger partial charge in [-0.25, -0.2) is 0 Å². The highest BCUT2D eigenvalue weighted by atomic mass is 16.5. The van der Waals surface area contributed by atoms with Crippen molar-refractivity contribution in [1.82, 2.24) is 0 Å². The molecular weight excluding hydrogens is 296 g/mol. The second-order valence-corrected chi connectivity index (χ2v) is 9.26. The molecule has 0 bridgehead atoms. The predicted octanol–water partition coefficient (Wildman–Crippen LogP) is 6.30. The van der Waals surface area contributed by atoms with Gasteiger partial charge in [0.25, 0.3) is 0 Å². The monoisotopic (exact) mass is 334 g/mol. The zero-order chi connectivity index (χ0) is 18.0. The Hall–Kier alpha value is -0.790. The number of esters is 1. The molecule has 0 aromatic carbocycles. The van der Waals surface area contributed by atoms with Gasteiger partial charge in [-0.1, -0.05) is 45.3 Å². The lowest BCUT2D eigenvalue weighted by molar-refractivity contribution is -0.144. The van der Waals surface area contributed by atoms with Crippen LogP contribution in [0.25, 0.3) is 0 Å². The van der Waals surface area contributed by atoms with E-state index in [-0.39, 0.29) is 5.97 Å². The number of ether oxygens (including phenoxy) is 1. The minimum Gasteiger partial charge on any atom is -0.466 e. The van der Waals surface area contributed by atoms with Crippen LogP contribution in [0.4, 0.5) is 0 Å². The number of hydrogen-bond donors (Lipinski definition) is 0. The highest BCUT2D eigenvalue weighted by molar-refractivity contribution is 5.69. The Bertz CT molecular complexity index is 488. The summed E-state index contributed by atoms with van der Waals surface area (Å²) in [6.07, 6.45) is 9.53. The third-order valence-electron chi connectivity index (χ3n) is 6.95. The summed E-state index contributed by atoms with van der Waals surface area (Å²) < 4.78 is 5.11. The van der Waals surface area contributed by atoms with Crippen molar-refractivity contribution >= 4 is 5.97 Å². The topological polar surface area (TPSA) is 26.3 Å². The SMILES string of the molecule is CCOC(=O)C[C@@H](C)CCC1=C(C)CC[C@H]2C(C)(C)CCC[C@]12C. The Labute approximate surface area is 149 Å². The first-order valence-corrected chi connectivity index (χ1v) is 10.1. The van der Waals surface area contributed by atoms with Crippen molar-refractivity contribution in [3.8, 4) is 0 Å². The minimum absolute atomic E-state index is 0.0396. The van der Waals surface area contributed by atoms with E-state index in [0.29, 0.717) is 29.8 Å². The van der Waals surface area contributed by atoms with Crippen molar-refractivity contribution in [2.45, 2.75) is 92.9 Å². The van der Waals surface area contributed by atoms with E-state index in [0.717, 1.165) is 18.8 Å². The molecule has 0 N–H and O–H groups in total. The van der Waals surface area contributed by atoms with Crippen LogP contribution < -0.4 is 0 Å². The van der Waals surface area contributed by atoms with Crippen LogP contribution in [0.5, 0.6) is 0 Å². The Morgan fingerprint density at radius 1 is 1.29 bits per heavy atom. The molecule has 2 rings (SSSR count). The maximum absolute atomic E-state index is 11.7. The number of allylic oxidation sites excluding steroid dienone is 2. The molecule has 0 saturated heterocycles. The standard InChI is InChI=1S/C22H38O2/c1-7-24-20(23)15-16(2)9-11-18-17(3)10-12-19-21(4,5)13-8-14-22(18,19)6/h16,19H,7-15H2,1-6H3/t16-,19-,22+/m0/s1. The lowest BCUT2D eigenvalue weighted by atomic mass is 9.50. The Morgan fingerprint density at radius 3 is 2.67 bits per heavy atom. The Balaban J connectivity index is 2.06. The molecule has 2 aliphatic rings. The summed E-state index contributed by atoms with van der Waals surface area (Å²) in [5.41, 5.74) is 4.21. The van der Waals surface area contributed by atoms with E-state index >= 15 is 0 Å². The summed E-state index contributed by atoms with van der Waals surface area (Å²) in [5.74, 6) is 1.19. The van der Waals surface area contributed by atoms with Gasteiger partial charge in [0.1, 0.15) is 0 Å². The quantitative estimate of drug-likeness (QED) is 0.421. The molecule has 1 saturated carbocycles. The van der Waals surface area contributed by atoms with Gasteiger partial charge in [-0.15, -0.1) is 0 Å². The zero-order valence-corrected chi connectivity index (χ0v) is 16.8. The number of rotatable bonds is 6. The van der Waals surface area contributed by atoms with Crippen LogP contribution >= 0.6 is 0 Å². The second-order valence-electron chi connectivity index (χ2n) is 9.26. The van der Waals surface area contributed by atoms with Gasteiger partial charge in [0.2, 0.25) is 0 Å². The summed E-state index contributed by atoms with van der Waals surface area (Å²) in [6, 6.07) is 0. The van der Waals surface area contributed by atoms with Crippen molar-refractivity contribution in [3.63, 3.8) is 0 Å². The molecule has 138 valence electrons. The number of carbonyl (C=O) groups excluding carboxylic acids is 1. The van der Waals surface area contributed by atoms with Crippen LogP contribution in [0, 0.1) is 22.7 Å². The predicted molar refractivity (Wildman–Crippen MR) is 101 cm³/mol. The second kappa shape index (κ2) is 7.62. The summed E-state index contributed by atoms with van der Waals surface area (Å²) >= 11 is 0. The van der Waals surface area contributed by atoms with Gasteiger partial charge < -0.3 is 4.74 Å². The third-order valence-corrected chi connectivity index (χ3v) is 6.95. The van der Waals surface area contributed by atoms with Gasteiger partial charge in [0.15, 0.2) is 0 Å². The number of carbonyl (C=O) groups is 1. The molecule has 2 heteroatoms. The molecular formula is C22H38O2. The minimum atomic E-state index is -0.0396. The molecule has 24 heavy (non-hydrogen) atoms. The lowest BCUT2D eigenvalue weighted by Crippen LogP contribution is -2.45.